The van der Waals surface area contributed by atoms with Crippen LogP contribution < -0.4 is 10.1 Å². The number of aromatic nitrogens is 4. The molecule has 0 saturated heterocycles. The Hall–Kier alpha value is -4.00. The van der Waals surface area contributed by atoms with Crippen molar-refractivity contribution in [2.45, 2.75) is 6.92 Å². The lowest BCUT2D eigenvalue weighted by Crippen LogP contribution is -2.14. The van der Waals surface area contributed by atoms with Crippen LogP contribution >= 0.6 is 0 Å². The number of benzene rings is 2. The highest BCUT2D eigenvalue weighted by atomic mass is 16.5. The smallest absolute Gasteiger partial charge is 0.278 e. The summed E-state index contributed by atoms with van der Waals surface area (Å²) in [4.78, 5) is 16.5. The van der Waals surface area contributed by atoms with E-state index in [0.717, 1.165) is 5.69 Å². The first-order valence-corrected chi connectivity index (χ1v) is 8.68. The third-order valence-corrected chi connectivity index (χ3v) is 4.11. The number of hydrogen-bond acceptors (Lipinski definition) is 5. The van der Waals surface area contributed by atoms with E-state index in [1.165, 1.54) is 0 Å². The third-order valence-electron chi connectivity index (χ3n) is 4.11. The van der Waals surface area contributed by atoms with Crippen LogP contribution in [0.25, 0.3) is 5.69 Å². The molecule has 0 radical (unpaired) electrons. The van der Waals surface area contributed by atoms with E-state index in [2.05, 4.69) is 20.6 Å². The van der Waals surface area contributed by atoms with Crippen LogP contribution in [0.15, 0.2) is 79.1 Å². The topological polar surface area (TPSA) is 81.9 Å². The van der Waals surface area contributed by atoms with Gasteiger partial charge in [0.1, 0.15) is 11.5 Å². The molecule has 2 aromatic heterocycles. The highest BCUT2D eigenvalue weighted by Crippen LogP contribution is 2.22. The van der Waals surface area contributed by atoms with Gasteiger partial charge in [-0.1, -0.05) is 23.4 Å². The van der Waals surface area contributed by atoms with Gasteiger partial charge in [-0.25, -0.2) is 4.68 Å². The zero-order valence-electron chi connectivity index (χ0n) is 15.1. The number of para-hydroxylation sites is 1. The van der Waals surface area contributed by atoms with Crippen molar-refractivity contribution >= 4 is 11.6 Å². The summed E-state index contributed by atoms with van der Waals surface area (Å²) in [7, 11) is 0. The van der Waals surface area contributed by atoms with Gasteiger partial charge < -0.3 is 10.1 Å². The molecule has 0 aliphatic carbocycles. The van der Waals surface area contributed by atoms with Gasteiger partial charge in [0.25, 0.3) is 5.91 Å². The Morgan fingerprint density at radius 3 is 2.32 bits per heavy atom. The molecule has 0 bridgehead atoms. The number of hydrogen-bond donors (Lipinski definition) is 1. The Morgan fingerprint density at radius 2 is 1.61 bits per heavy atom. The van der Waals surface area contributed by atoms with E-state index in [4.69, 9.17) is 4.74 Å². The maximum absolute atomic E-state index is 12.6. The zero-order valence-corrected chi connectivity index (χ0v) is 15.1. The molecule has 2 aromatic carbocycles. The Kier molecular flexibility index (Phi) is 4.79. The van der Waals surface area contributed by atoms with Crippen LogP contribution in [0.5, 0.6) is 11.5 Å². The minimum absolute atomic E-state index is 0.279. The lowest BCUT2D eigenvalue weighted by Gasteiger charge is -2.07. The van der Waals surface area contributed by atoms with Crippen LogP contribution in [-0.2, 0) is 0 Å². The minimum atomic E-state index is -0.317. The molecule has 1 N–H and O–H groups in total. The van der Waals surface area contributed by atoms with Crippen LogP contribution in [0, 0.1) is 6.92 Å². The summed E-state index contributed by atoms with van der Waals surface area (Å²) >= 11 is 0. The van der Waals surface area contributed by atoms with Crippen LogP contribution in [0.2, 0.25) is 0 Å². The van der Waals surface area contributed by atoms with E-state index < -0.39 is 0 Å². The number of rotatable bonds is 5. The molecule has 0 aliphatic rings. The van der Waals surface area contributed by atoms with E-state index >= 15 is 0 Å². The van der Waals surface area contributed by atoms with Gasteiger partial charge in [-0.2, -0.15) is 0 Å². The van der Waals surface area contributed by atoms with Gasteiger partial charge in [-0.05, 0) is 55.5 Å². The molecule has 1 amide bonds. The molecule has 7 nitrogen and oxygen atoms in total. The monoisotopic (exact) mass is 371 g/mol. The van der Waals surface area contributed by atoms with E-state index in [1.807, 2.05) is 37.3 Å². The fraction of sp³-hybridized carbons (Fsp3) is 0.0476. The number of carbonyl (C=O) groups excluding carboxylic acids is 1. The molecule has 0 saturated carbocycles. The summed E-state index contributed by atoms with van der Waals surface area (Å²) in [6.45, 7) is 1.81. The first-order valence-electron chi connectivity index (χ1n) is 8.68. The summed E-state index contributed by atoms with van der Waals surface area (Å²) in [6.07, 6.45) is 3.32. The summed E-state index contributed by atoms with van der Waals surface area (Å²) in [5, 5.41) is 11.0. The predicted molar refractivity (Wildman–Crippen MR) is 105 cm³/mol. The second kappa shape index (κ2) is 7.71. The Bertz CT molecular complexity index is 1080. The standard InChI is InChI=1S/C21H17N5O2/c1-15-20(24-25-26(15)17-5-3-2-4-6-17)21(27)23-16-7-9-18(10-8-16)28-19-11-13-22-14-12-19/h2-14H,1H3,(H,23,27). The molecule has 138 valence electrons. The molecule has 7 heteroatoms. The van der Waals surface area contributed by atoms with Crippen molar-refractivity contribution in [3.63, 3.8) is 0 Å². The van der Waals surface area contributed by atoms with Gasteiger partial charge in [0.15, 0.2) is 5.69 Å². The maximum Gasteiger partial charge on any atom is 0.278 e. The van der Waals surface area contributed by atoms with Crippen molar-refractivity contribution in [3.8, 4) is 17.2 Å². The van der Waals surface area contributed by atoms with E-state index in [9.17, 15) is 4.79 Å². The Labute approximate surface area is 161 Å². The number of nitrogens with zero attached hydrogens (tertiary/aromatic N) is 4. The second-order valence-corrected chi connectivity index (χ2v) is 6.03. The van der Waals surface area contributed by atoms with Gasteiger partial charge in [0, 0.05) is 18.1 Å². The fourth-order valence-corrected chi connectivity index (χ4v) is 2.69. The average Bonchev–Trinajstić information content (AvgIpc) is 3.12. The predicted octanol–water partition coefficient (Wildman–Crippen LogP) is 4.02. The zero-order chi connectivity index (χ0) is 19.3. The van der Waals surface area contributed by atoms with Crippen molar-refractivity contribution in [2.75, 3.05) is 5.32 Å². The van der Waals surface area contributed by atoms with Crippen LogP contribution in [0.3, 0.4) is 0 Å². The molecule has 4 aromatic rings. The maximum atomic E-state index is 12.6. The first-order chi connectivity index (χ1) is 13.7. The van der Waals surface area contributed by atoms with Crippen LogP contribution in [0.1, 0.15) is 16.2 Å². The lowest BCUT2D eigenvalue weighted by molar-refractivity contribution is 0.102. The second-order valence-electron chi connectivity index (χ2n) is 6.03. The highest BCUT2D eigenvalue weighted by Gasteiger charge is 2.17. The molecule has 0 atom stereocenters. The molecule has 2 heterocycles. The van der Waals surface area contributed by atoms with Gasteiger partial charge in [0.2, 0.25) is 0 Å². The molecular formula is C21H17N5O2. The van der Waals surface area contributed by atoms with Crippen molar-refractivity contribution < 1.29 is 9.53 Å². The molecular weight excluding hydrogens is 354 g/mol. The van der Waals surface area contributed by atoms with E-state index in [-0.39, 0.29) is 11.6 Å². The highest BCUT2D eigenvalue weighted by molar-refractivity contribution is 6.03. The number of anilines is 1. The SMILES string of the molecule is Cc1c(C(=O)Nc2ccc(Oc3ccncc3)cc2)nnn1-c1ccccc1. The van der Waals surface area contributed by atoms with Crippen molar-refractivity contribution in [3.05, 3.63) is 90.5 Å². The van der Waals surface area contributed by atoms with E-state index in [0.29, 0.717) is 22.9 Å². The van der Waals surface area contributed by atoms with Gasteiger partial charge >= 0.3 is 0 Å². The summed E-state index contributed by atoms with van der Waals surface area (Å²) < 4.78 is 7.36. The van der Waals surface area contributed by atoms with Crippen molar-refractivity contribution in [1.29, 1.82) is 0 Å². The number of ether oxygens (including phenoxy) is 1. The lowest BCUT2D eigenvalue weighted by atomic mass is 10.2. The van der Waals surface area contributed by atoms with Crippen LogP contribution in [-0.4, -0.2) is 25.9 Å². The number of amides is 1. The molecule has 0 aliphatic heterocycles. The Morgan fingerprint density at radius 1 is 0.929 bits per heavy atom. The largest absolute Gasteiger partial charge is 0.457 e. The minimum Gasteiger partial charge on any atom is -0.457 e. The van der Waals surface area contributed by atoms with Crippen molar-refractivity contribution in [2.24, 2.45) is 0 Å². The summed E-state index contributed by atoms with van der Waals surface area (Å²) in [5.74, 6) is 1.04. The fourth-order valence-electron chi connectivity index (χ4n) is 2.69. The van der Waals surface area contributed by atoms with E-state index in [1.54, 1.807) is 53.5 Å². The number of pyridine rings is 1. The van der Waals surface area contributed by atoms with Gasteiger partial charge in [-0.3, -0.25) is 9.78 Å². The first kappa shape index (κ1) is 17.4. The molecule has 0 fully saturated rings. The molecule has 0 unspecified atom stereocenters. The average molecular weight is 371 g/mol. The quantitative estimate of drug-likeness (QED) is 0.573. The molecule has 4 rings (SSSR count). The Balaban J connectivity index is 1.46. The number of nitrogens with one attached hydrogen (secondary N) is 1. The summed E-state index contributed by atoms with van der Waals surface area (Å²) in [6, 6.07) is 20.2. The van der Waals surface area contributed by atoms with Gasteiger partial charge in [0.05, 0.1) is 11.4 Å². The number of carbonyl (C=O) groups is 1. The summed E-state index contributed by atoms with van der Waals surface area (Å²) in [5.41, 5.74) is 2.44. The molecule has 28 heavy (non-hydrogen) atoms. The van der Waals surface area contributed by atoms with Crippen molar-refractivity contribution in [1.82, 2.24) is 20.0 Å². The third kappa shape index (κ3) is 3.73. The normalized spacial score (nSPS) is 10.5. The van der Waals surface area contributed by atoms with Gasteiger partial charge in [-0.15, -0.1) is 5.10 Å². The molecule has 0 spiro atoms. The van der Waals surface area contributed by atoms with Crippen LogP contribution in [0.4, 0.5) is 5.69 Å².